The summed E-state index contributed by atoms with van der Waals surface area (Å²) in [7, 11) is 2.21. The van der Waals surface area contributed by atoms with Crippen LogP contribution in [0.4, 0.5) is 0 Å². The highest BCUT2D eigenvalue weighted by Gasteiger charge is 2.21. The van der Waals surface area contributed by atoms with Gasteiger partial charge in [0.15, 0.2) is 5.69 Å². The van der Waals surface area contributed by atoms with E-state index in [2.05, 4.69) is 62.7 Å². The van der Waals surface area contributed by atoms with Crippen molar-refractivity contribution in [2.24, 2.45) is 5.92 Å². The molecule has 1 saturated heterocycles. The molecule has 1 amide bonds. The fourth-order valence-corrected chi connectivity index (χ4v) is 4.34. The van der Waals surface area contributed by atoms with Crippen LogP contribution in [0, 0.1) is 5.92 Å². The number of likely N-dealkylation sites (N-methyl/N-ethyl adjacent to an activating group) is 1. The zero-order valence-corrected chi connectivity index (χ0v) is 17.7. The largest absolute Gasteiger partial charge is 0.351 e. The van der Waals surface area contributed by atoms with E-state index in [4.69, 9.17) is 0 Å². The summed E-state index contributed by atoms with van der Waals surface area (Å²) < 4.78 is 0. The molecule has 1 aliphatic rings. The molecule has 1 unspecified atom stereocenters. The highest BCUT2D eigenvalue weighted by molar-refractivity contribution is 6.04. The first-order chi connectivity index (χ1) is 14.7. The van der Waals surface area contributed by atoms with Crippen LogP contribution in [0.5, 0.6) is 0 Å². The van der Waals surface area contributed by atoms with Crippen LogP contribution in [0.25, 0.3) is 10.9 Å². The minimum atomic E-state index is -0.101. The van der Waals surface area contributed by atoms with E-state index in [1.165, 1.54) is 5.56 Å². The van der Waals surface area contributed by atoms with Crippen molar-refractivity contribution in [2.45, 2.75) is 19.4 Å². The number of amides is 1. The van der Waals surface area contributed by atoms with Crippen molar-refractivity contribution < 1.29 is 4.79 Å². The Morgan fingerprint density at radius 2 is 1.90 bits per heavy atom. The summed E-state index contributed by atoms with van der Waals surface area (Å²) >= 11 is 0. The van der Waals surface area contributed by atoms with Gasteiger partial charge in [-0.1, -0.05) is 48.5 Å². The van der Waals surface area contributed by atoms with Gasteiger partial charge in [0, 0.05) is 44.7 Å². The first-order valence-electron chi connectivity index (χ1n) is 10.8. The van der Waals surface area contributed by atoms with Gasteiger partial charge in [-0.05, 0) is 37.4 Å². The van der Waals surface area contributed by atoms with Gasteiger partial charge in [0.25, 0.3) is 5.91 Å². The molecule has 30 heavy (non-hydrogen) atoms. The molecule has 0 spiro atoms. The van der Waals surface area contributed by atoms with Gasteiger partial charge < -0.3 is 10.2 Å². The molecule has 6 heteroatoms. The maximum absolute atomic E-state index is 12.5. The number of rotatable bonds is 7. The number of para-hydroxylation sites is 1. The van der Waals surface area contributed by atoms with Crippen molar-refractivity contribution in [3.63, 3.8) is 0 Å². The average Bonchev–Trinajstić information content (AvgIpc) is 3.11. The van der Waals surface area contributed by atoms with Crippen molar-refractivity contribution in [3.8, 4) is 0 Å². The van der Waals surface area contributed by atoms with Crippen LogP contribution < -0.4 is 5.32 Å². The van der Waals surface area contributed by atoms with E-state index in [1.807, 2.05) is 24.3 Å². The molecule has 1 aromatic heterocycles. The van der Waals surface area contributed by atoms with Gasteiger partial charge in [0.05, 0.1) is 5.52 Å². The van der Waals surface area contributed by atoms with Crippen LogP contribution >= 0.6 is 0 Å². The molecule has 158 valence electrons. The number of benzene rings is 2. The molecule has 2 N–H and O–H groups in total. The second-order valence-corrected chi connectivity index (χ2v) is 8.36. The van der Waals surface area contributed by atoms with Crippen molar-refractivity contribution in [3.05, 3.63) is 65.9 Å². The Hall–Kier alpha value is -2.70. The summed E-state index contributed by atoms with van der Waals surface area (Å²) in [4.78, 5) is 17.5. The van der Waals surface area contributed by atoms with Crippen LogP contribution in [0.15, 0.2) is 54.6 Å². The zero-order chi connectivity index (χ0) is 20.8. The van der Waals surface area contributed by atoms with Gasteiger partial charge in [-0.3, -0.25) is 14.8 Å². The number of hydrogen-bond donors (Lipinski definition) is 2. The van der Waals surface area contributed by atoms with Gasteiger partial charge in [0.1, 0.15) is 0 Å². The van der Waals surface area contributed by atoms with Crippen molar-refractivity contribution >= 4 is 16.8 Å². The van der Waals surface area contributed by atoms with Gasteiger partial charge in [0.2, 0.25) is 0 Å². The van der Waals surface area contributed by atoms with Gasteiger partial charge >= 0.3 is 0 Å². The third-order valence-electron chi connectivity index (χ3n) is 5.89. The van der Waals surface area contributed by atoms with Gasteiger partial charge in [-0.25, -0.2) is 0 Å². The Kier molecular flexibility index (Phi) is 6.77. The second kappa shape index (κ2) is 9.87. The fraction of sp³-hybridized carbons (Fsp3) is 0.417. The maximum atomic E-state index is 12.5. The lowest BCUT2D eigenvalue weighted by atomic mass is 10.0. The molecule has 0 radical (unpaired) electrons. The Balaban J connectivity index is 1.26. The summed E-state index contributed by atoms with van der Waals surface area (Å²) in [5.41, 5.74) is 2.75. The Morgan fingerprint density at radius 1 is 1.10 bits per heavy atom. The number of hydrogen-bond acceptors (Lipinski definition) is 4. The fourth-order valence-electron chi connectivity index (χ4n) is 4.34. The quantitative estimate of drug-likeness (QED) is 0.593. The summed E-state index contributed by atoms with van der Waals surface area (Å²) in [5.74, 6) is 0.514. The van der Waals surface area contributed by atoms with E-state index < -0.39 is 0 Å². The van der Waals surface area contributed by atoms with E-state index in [-0.39, 0.29) is 5.91 Å². The number of carbonyl (C=O) groups is 1. The maximum Gasteiger partial charge on any atom is 0.272 e. The molecule has 0 bridgehead atoms. The van der Waals surface area contributed by atoms with E-state index in [1.54, 1.807) is 0 Å². The predicted molar refractivity (Wildman–Crippen MR) is 120 cm³/mol. The summed E-state index contributed by atoms with van der Waals surface area (Å²) in [5, 5.41) is 11.0. The molecule has 2 heterocycles. The normalized spacial score (nSPS) is 18.4. The number of H-pyrrole nitrogens is 1. The monoisotopic (exact) mass is 405 g/mol. The molecule has 6 nitrogen and oxygen atoms in total. The Morgan fingerprint density at radius 3 is 2.77 bits per heavy atom. The third kappa shape index (κ3) is 5.26. The first kappa shape index (κ1) is 20.6. The molecule has 2 aromatic carbocycles. The molecule has 3 aromatic rings. The first-order valence-corrected chi connectivity index (χ1v) is 10.8. The minimum Gasteiger partial charge on any atom is -0.351 e. The van der Waals surface area contributed by atoms with E-state index >= 15 is 0 Å². The van der Waals surface area contributed by atoms with Crippen LogP contribution in [0.1, 0.15) is 28.9 Å². The number of carbonyl (C=O) groups excluding carboxylic acids is 1. The standard InChI is InChI=1S/C24H31N5O/c1-28-14-15-29(17-19-8-3-2-4-9-19)18-20(16-28)10-7-13-25-24(30)23-21-11-5-6-12-22(21)26-27-23/h2-6,8-9,11-12,20H,7,10,13-18H2,1H3,(H,25,30)(H,26,27). The lowest BCUT2D eigenvalue weighted by Gasteiger charge is -2.24. The SMILES string of the molecule is CN1CCN(Cc2ccccc2)CC(CCCNC(=O)c2n[nH]c3ccccc23)C1. The molecule has 0 aliphatic carbocycles. The number of fused-ring (bicyclic) bond motifs is 1. The molecule has 1 aliphatic heterocycles. The second-order valence-electron chi connectivity index (χ2n) is 8.36. The topological polar surface area (TPSA) is 64.3 Å². The lowest BCUT2D eigenvalue weighted by molar-refractivity contribution is 0.0948. The average molecular weight is 406 g/mol. The molecule has 1 atom stereocenters. The summed E-state index contributed by atoms with van der Waals surface area (Å²) in [6, 6.07) is 18.4. The molecular weight excluding hydrogens is 374 g/mol. The molecule has 4 rings (SSSR count). The number of aromatic amines is 1. The van der Waals surface area contributed by atoms with Gasteiger partial charge in [-0.2, -0.15) is 5.10 Å². The molecular formula is C24H31N5O. The Bertz CT molecular complexity index is 954. The van der Waals surface area contributed by atoms with Crippen molar-refractivity contribution in [1.82, 2.24) is 25.3 Å². The minimum absolute atomic E-state index is 0.101. The van der Waals surface area contributed by atoms with E-state index in [9.17, 15) is 4.79 Å². The summed E-state index contributed by atoms with van der Waals surface area (Å²) in [6.45, 7) is 6.12. The third-order valence-corrected chi connectivity index (χ3v) is 5.89. The molecule has 0 saturated carbocycles. The van der Waals surface area contributed by atoms with Crippen LogP contribution in [-0.4, -0.2) is 65.7 Å². The van der Waals surface area contributed by atoms with Crippen molar-refractivity contribution in [1.29, 1.82) is 0 Å². The summed E-state index contributed by atoms with van der Waals surface area (Å²) in [6.07, 6.45) is 2.09. The highest BCUT2D eigenvalue weighted by Crippen LogP contribution is 2.17. The van der Waals surface area contributed by atoms with Gasteiger partial charge in [-0.15, -0.1) is 0 Å². The smallest absolute Gasteiger partial charge is 0.272 e. The van der Waals surface area contributed by atoms with E-state index in [0.29, 0.717) is 18.2 Å². The predicted octanol–water partition coefficient (Wildman–Crippen LogP) is 3.14. The van der Waals surface area contributed by atoms with Crippen LogP contribution in [0.3, 0.4) is 0 Å². The number of nitrogens with one attached hydrogen (secondary N) is 2. The van der Waals surface area contributed by atoms with Crippen LogP contribution in [0.2, 0.25) is 0 Å². The van der Waals surface area contributed by atoms with Crippen LogP contribution in [-0.2, 0) is 6.54 Å². The zero-order valence-electron chi connectivity index (χ0n) is 17.7. The number of nitrogens with zero attached hydrogens (tertiary/aromatic N) is 3. The number of aromatic nitrogens is 2. The highest BCUT2D eigenvalue weighted by atomic mass is 16.1. The van der Waals surface area contributed by atoms with E-state index in [0.717, 1.165) is 56.5 Å². The van der Waals surface area contributed by atoms with Crippen molar-refractivity contribution in [2.75, 3.05) is 39.8 Å². The lowest BCUT2D eigenvalue weighted by Crippen LogP contribution is -2.30. The molecule has 1 fully saturated rings. The Labute approximate surface area is 178 Å².